The highest BCUT2D eigenvalue weighted by molar-refractivity contribution is 5.90. The van der Waals surface area contributed by atoms with E-state index in [1.807, 2.05) is 18.2 Å². The first kappa shape index (κ1) is 11.7. The quantitative estimate of drug-likeness (QED) is 0.760. The van der Waals surface area contributed by atoms with Crippen molar-refractivity contribution in [3.63, 3.8) is 0 Å². The predicted octanol–water partition coefficient (Wildman–Crippen LogP) is 3.38. The number of aldehydes is 1. The van der Waals surface area contributed by atoms with Crippen molar-refractivity contribution < 1.29 is 4.79 Å². The molecule has 0 amide bonds. The van der Waals surface area contributed by atoms with Gasteiger partial charge in [0.15, 0.2) is 0 Å². The second kappa shape index (κ2) is 4.73. The molecule has 0 saturated heterocycles. The standard InChI is InChI=1S/C17H15NO/c1-18-10-9-15(16-7-2-3-8-17(16)18)14-6-4-5-13(11-14)12-19/h2-9,11-12H,10H2,1H3. The summed E-state index contributed by atoms with van der Waals surface area (Å²) >= 11 is 0. The molecule has 0 saturated carbocycles. The van der Waals surface area contributed by atoms with Crippen molar-refractivity contribution in [2.75, 3.05) is 18.5 Å². The van der Waals surface area contributed by atoms with E-state index in [4.69, 9.17) is 0 Å². The summed E-state index contributed by atoms with van der Waals surface area (Å²) in [5.41, 5.74) is 5.48. The van der Waals surface area contributed by atoms with Crippen molar-refractivity contribution >= 4 is 17.5 Å². The predicted molar refractivity (Wildman–Crippen MR) is 78.6 cm³/mol. The normalized spacial score (nSPS) is 13.7. The summed E-state index contributed by atoms with van der Waals surface area (Å²) in [6.45, 7) is 0.887. The smallest absolute Gasteiger partial charge is 0.150 e. The maximum absolute atomic E-state index is 10.9. The lowest BCUT2D eigenvalue weighted by Gasteiger charge is -2.27. The Balaban J connectivity index is 2.13. The van der Waals surface area contributed by atoms with Crippen LogP contribution in [0.15, 0.2) is 54.6 Å². The van der Waals surface area contributed by atoms with Crippen LogP contribution in [-0.4, -0.2) is 19.9 Å². The number of carbonyl (C=O) groups is 1. The van der Waals surface area contributed by atoms with Crippen LogP contribution >= 0.6 is 0 Å². The summed E-state index contributed by atoms with van der Waals surface area (Å²) < 4.78 is 0. The minimum atomic E-state index is 0.717. The van der Waals surface area contributed by atoms with Crippen LogP contribution in [0.5, 0.6) is 0 Å². The Morgan fingerprint density at radius 1 is 1.11 bits per heavy atom. The fourth-order valence-corrected chi connectivity index (χ4v) is 2.52. The third-order valence-electron chi connectivity index (χ3n) is 3.51. The van der Waals surface area contributed by atoms with Crippen LogP contribution in [0.25, 0.3) is 5.57 Å². The molecule has 1 aliphatic heterocycles. The van der Waals surface area contributed by atoms with Gasteiger partial charge in [-0.2, -0.15) is 0 Å². The summed E-state index contributed by atoms with van der Waals surface area (Å²) in [7, 11) is 2.09. The lowest BCUT2D eigenvalue weighted by atomic mass is 9.92. The van der Waals surface area contributed by atoms with Crippen molar-refractivity contribution in [3.8, 4) is 0 Å². The molecule has 2 heteroatoms. The van der Waals surface area contributed by atoms with E-state index in [-0.39, 0.29) is 0 Å². The van der Waals surface area contributed by atoms with Crippen LogP contribution in [0.4, 0.5) is 5.69 Å². The summed E-state index contributed by atoms with van der Waals surface area (Å²) in [5, 5.41) is 0. The average Bonchev–Trinajstić information content (AvgIpc) is 2.48. The minimum absolute atomic E-state index is 0.717. The molecule has 3 rings (SSSR count). The highest BCUT2D eigenvalue weighted by Gasteiger charge is 2.16. The molecule has 0 fully saturated rings. The van der Waals surface area contributed by atoms with Crippen LogP contribution < -0.4 is 4.90 Å². The summed E-state index contributed by atoms with van der Waals surface area (Å²) in [6, 6.07) is 16.1. The molecular formula is C17H15NO. The van der Waals surface area contributed by atoms with Gasteiger partial charge < -0.3 is 4.90 Å². The number of likely N-dealkylation sites (N-methyl/N-ethyl adjacent to an activating group) is 1. The summed E-state index contributed by atoms with van der Waals surface area (Å²) in [5.74, 6) is 0. The van der Waals surface area contributed by atoms with Gasteiger partial charge in [0, 0.05) is 30.4 Å². The van der Waals surface area contributed by atoms with Crippen molar-refractivity contribution in [3.05, 3.63) is 71.3 Å². The van der Waals surface area contributed by atoms with Crippen molar-refractivity contribution in [1.82, 2.24) is 0 Å². The molecular weight excluding hydrogens is 234 g/mol. The van der Waals surface area contributed by atoms with E-state index < -0.39 is 0 Å². The molecule has 19 heavy (non-hydrogen) atoms. The Labute approximate surface area is 113 Å². The molecule has 94 valence electrons. The fraction of sp³-hybridized carbons (Fsp3) is 0.118. The zero-order chi connectivity index (χ0) is 13.2. The van der Waals surface area contributed by atoms with Crippen molar-refractivity contribution in [2.24, 2.45) is 0 Å². The number of fused-ring (bicyclic) bond motifs is 1. The van der Waals surface area contributed by atoms with Gasteiger partial charge in [-0.05, 0) is 23.3 Å². The number of benzene rings is 2. The average molecular weight is 249 g/mol. The maximum atomic E-state index is 10.9. The highest BCUT2D eigenvalue weighted by Crippen LogP contribution is 2.34. The van der Waals surface area contributed by atoms with Crippen LogP contribution in [0.3, 0.4) is 0 Å². The number of rotatable bonds is 2. The first-order valence-electron chi connectivity index (χ1n) is 6.36. The number of anilines is 1. The summed E-state index contributed by atoms with van der Waals surface area (Å²) in [4.78, 5) is 13.1. The van der Waals surface area contributed by atoms with Crippen LogP contribution in [0, 0.1) is 0 Å². The molecule has 0 aliphatic carbocycles. The number of hydrogen-bond acceptors (Lipinski definition) is 2. The zero-order valence-electron chi connectivity index (χ0n) is 10.8. The van der Waals surface area contributed by atoms with Crippen LogP contribution in [-0.2, 0) is 0 Å². The van der Waals surface area contributed by atoms with Gasteiger partial charge in [-0.25, -0.2) is 0 Å². The summed E-state index contributed by atoms with van der Waals surface area (Å²) in [6.07, 6.45) is 3.11. The second-order valence-corrected chi connectivity index (χ2v) is 4.76. The van der Waals surface area contributed by atoms with Gasteiger partial charge in [-0.3, -0.25) is 4.79 Å². The number of para-hydroxylation sites is 1. The van der Waals surface area contributed by atoms with Gasteiger partial charge in [-0.15, -0.1) is 0 Å². The van der Waals surface area contributed by atoms with Crippen molar-refractivity contribution in [1.29, 1.82) is 0 Å². The van der Waals surface area contributed by atoms with Crippen molar-refractivity contribution in [2.45, 2.75) is 0 Å². The molecule has 0 atom stereocenters. The van der Waals surface area contributed by atoms with Gasteiger partial charge >= 0.3 is 0 Å². The Morgan fingerprint density at radius 2 is 1.95 bits per heavy atom. The first-order chi connectivity index (χ1) is 9.29. The zero-order valence-corrected chi connectivity index (χ0v) is 10.8. The second-order valence-electron chi connectivity index (χ2n) is 4.76. The molecule has 0 spiro atoms. The Morgan fingerprint density at radius 3 is 2.79 bits per heavy atom. The SMILES string of the molecule is CN1CC=C(c2cccc(C=O)c2)c2ccccc21. The molecule has 2 aromatic carbocycles. The van der Waals surface area contributed by atoms with Crippen LogP contribution in [0.1, 0.15) is 21.5 Å². The number of hydrogen-bond donors (Lipinski definition) is 0. The lowest BCUT2D eigenvalue weighted by molar-refractivity contribution is 0.112. The van der Waals surface area contributed by atoms with Gasteiger partial charge in [0.2, 0.25) is 0 Å². The largest absolute Gasteiger partial charge is 0.370 e. The Kier molecular flexibility index (Phi) is 2.92. The molecule has 2 aromatic rings. The van der Waals surface area contributed by atoms with E-state index in [1.165, 1.54) is 16.8 Å². The van der Waals surface area contributed by atoms with Gasteiger partial charge in [0.25, 0.3) is 0 Å². The lowest BCUT2D eigenvalue weighted by Crippen LogP contribution is -2.22. The van der Waals surface area contributed by atoms with Gasteiger partial charge in [0.1, 0.15) is 6.29 Å². The van der Waals surface area contributed by atoms with E-state index >= 15 is 0 Å². The number of nitrogens with zero attached hydrogens (tertiary/aromatic N) is 1. The maximum Gasteiger partial charge on any atom is 0.150 e. The molecule has 2 nitrogen and oxygen atoms in total. The monoisotopic (exact) mass is 249 g/mol. The molecule has 0 aromatic heterocycles. The van der Waals surface area contributed by atoms with Crippen LogP contribution in [0.2, 0.25) is 0 Å². The molecule has 0 N–H and O–H groups in total. The highest BCUT2D eigenvalue weighted by atomic mass is 16.1. The van der Waals surface area contributed by atoms with E-state index in [9.17, 15) is 4.79 Å². The molecule has 0 unspecified atom stereocenters. The number of carbonyl (C=O) groups excluding carboxylic acids is 1. The van der Waals surface area contributed by atoms with E-state index in [2.05, 4.69) is 48.4 Å². The molecule has 1 aliphatic rings. The molecule has 0 radical (unpaired) electrons. The molecule has 1 heterocycles. The van der Waals surface area contributed by atoms with Gasteiger partial charge in [-0.1, -0.05) is 42.5 Å². The Bertz CT molecular complexity index is 658. The van der Waals surface area contributed by atoms with E-state index in [1.54, 1.807) is 0 Å². The van der Waals surface area contributed by atoms with E-state index in [0.717, 1.165) is 24.0 Å². The van der Waals surface area contributed by atoms with E-state index in [0.29, 0.717) is 0 Å². The minimum Gasteiger partial charge on any atom is -0.370 e. The third kappa shape index (κ3) is 2.06. The fourth-order valence-electron chi connectivity index (χ4n) is 2.52. The Hall–Kier alpha value is -2.35. The molecule has 0 bridgehead atoms. The first-order valence-corrected chi connectivity index (χ1v) is 6.36. The third-order valence-corrected chi connectivity index (χ3v) is 3.51. The topological polar surface area (TPSA) is 20.3 Å². The van der Waals surface area contributed by atoms with Gasteiger partial charge in [0.05, 0.1) is 0 Å².